The van der Waals surface area contributed by atoms with Crippen molar-refractivity contribution in [2.24, 2.45) is 5.92 Å². The van der Waals surface area contributed by atoms with Crippen LogP contribution in [0.1, 0.15) is 25.3 Å². The molecule has 1 aliphatic heterocycles. The summed E-state index contributed by atoms with van der Waals surface area (Å²) < 4.78 is 29.3. The van der Waals surface area contributed by atoms with E-state index in [1.807, 2.05) is 25.1 Å². The Balaban J connectivity index is 1.68. The molecule has 4 rings (SSSR count). The van der Waals surface area contributed by atoms with Crippen molar-refractivity contribution < 1.29 is 13.2 Å². The number of sulfonamides is 1. The van der Waals surface area contributed by atoms with Gasteiger partial charge >= 0.3 is 0 Å². The van der Waals surface area contributed by atoms with Crippen LogP contribution < -0.4 is 9.62 Å². The fourth-order valence-corrected chi connectivity index (χ4v) is 6.17. The van der Waals surface area contributed by atoms with Crippen LogP contribution in [0.4, 0.5) is 11.4 Å². The van der Waals surface area contributed by atoms with E-state index in [2.05, 4.69) is 27.6 Å². The van der Waals surface area contributed by atoms with Gasteiger partial charge in [0.05, 0.1) is 16.3 Å². The molecule has 2 aromatic carbocycles. The predicted molar refractivity (Wildman–Crippen MR) is 117 cm³/mol. The molecular weight excluding hydrogens is 460 g/mol. The Morgan fingerprint density at radius 3 is 2.64 bits per heavy atom. The number of rotatable bonds is 4. The summed E-state index contributed by atoms with van der Waals surface area (Å²) in [7, 11) is -3.78. The maximum absolute atomic E-state index is 13.0. The standard InChI is InChI=1S/C20H21BrN2O3S2/c1-12-3-7-17(16(21)9-12)22-28(25,26)15-6-8-19-18(10-15)23(11-13(2)27-19)20(24)14-4-5-14/h3,6-10,13-14,22H,4-5,11H2,1-2H3/t13-/m0/s1. The van der Waals surface area contributed by atoms with Crippen LogP contribution in [-0.4, -0.2) is 26.1 Å². The average molecular weight is 481 g/mol. The van der Waals surface area contributed by atoms with Crippen molar-refractivity contribution in [3.8, 4) is 0 Å². The molecule has 148 valence electrons. The fourth-order valence-electron chi connectivity index (χ4n) is 3.25. The third kappa shape index (κ3) is 3.95. The molecular formula is C20H21BrN2O3S2. The molecule has 1 heterocycles. The zero-order chi connectivity index (χ0) is 20.1. The SMILES string of the molecule is Cc1ccc(NS(=O)(=O)c2ccc3c(c2)N(C(=O)C2CC2)C[C@H](C)S3)c(Br)c1. The molecule has 0 bridgehead atoms. The number of anilines is 2. The number of nitrogens with one attached hydrogen (secondary N) is 1. The molecule has 0 aromatic heterocycles. The quantitative estimate of drug-likeness (QED) is 0.682. The van der Waals surface area contributed by atoms with Gasteiger partial charge in [0.2, 0.25) is 5.91 Å². The minimum absolute atomic E-state index is 0.0880. The summed E-state index contributed by atoms with van der Waals surface area (Å²) in [6.45, 7) is 4.63. The van der Waals surface area contributed by atoms with Crippen LogP contribution in [0.25, 0.3) is 0 Å². The van der Waals surface area contributed by atoms with Crippen LogP contribution in [-0.2, 0) is 14.8 Å². The highest BCUT2D eigenvalue weighted by Gasteiger charge is 2.37. The van der Waals surface area contributed by atoms with Gasteiger partial charge < -0.3 is 4.90 Å². The number of nitrogens with zero attached hydrogens (tertiary/aromatic N) is 1. The molecule has 1 atom stereocenters. The number of carbonyl (C=O) groups is 1. The van der Waals surface area contributed by atoms with Crippen molar-refractivity contribution in [1.82, 2.24) is 0 Å². The molecule has 2 aliphatic rings. The lowest BCUT2D eigenvalue weighted by atomic mass is 10.2. The molecule has 1 N–H and O–H groups in total. The van der Waals surface area contributed by atoms with Gasteiger partial charge in [0.1, 0.15) is 0 Å². The van der Waals surface area contributed by atoms with Crippen molar-refractivity contribution in [1.29, 1.82) is 0 Å². The van der Waals surface area contributed by atoms with Gasteiger partial charge in [-0.1, -0.05) is 13.0 Å². The highest BCUT2D eigenvalue weighted by molar-refractivity contribution is 9.10. The molecule has 1 fully saturated rings. The second kappa shape index (κ2) is 7.39. The monoisotopic (exact) mass is 480 g/mol. The lowest BCUT2D eigenvalue weighted by molar-refractivity contribution is -0.119. The lowest BCUT2D eigenvalue weighted by Gasteiger charge is -2.33. The van der Waals surface area contributed by atoms with E-state index in [-0.39, 0.29) is 22.0 Å². The first-order chi connectivity index (χ1) is 13.2. The first-order valence-electron chi connectivity index (χ1n) is 9.15. The van der Waals surface area contributed by atoms with Gasteiger partial charge in [0.25, 0.3) is 10.0 Å². The molecule has 1 amide bonds. The first kappa shape index (κ1) is 19.8. The predicted octanol–water partition coefficient (Wildman–Crippen LogP) is 4.80. The van der Waals surface area contributed by atoms with Gasteiger partial charge in [0.15, 0.2) is 0 Å². The Labute approximate surface area is 178 Å². The minimum atomic E-state index is -3.78. The Kier molecular flexibility index (Phi) is 5.22. The lowest BCUT2D eigenvalue weighted by Crippen LogP contribution is -2.39. The summed E-state index contributed by atoms with van der Waals surface area (Å²) in [6, 6.07) is 10.5. The number of fused-ring (bicyclic) bond motifs is 1. The largest absolute Gasteiger partial charge is 0.310 e. The second-order valence-corrected chi connectivity index (χ2v) is 11.4. The third-order valence-electron chi connectivity index (χ3n) is 4.86. The molecule has 0 radical (unpaired) electrons. The van der Waals surface area contributed by atoms with Crippen LogP contribution in [0.15, 0.2) is 50.7 Å². The van der Waals surface area contributed by atoms with Gasteiger partial charge in [-0.15, -0.1) is 11.8 Å². The van der Waals surface area contributed by atoms with Gasteiger partial charge in [0, 0.05) is 27.1 Å². The number of halogens is 1. The number of carbonyl (C=O) groups excluding carboxylic acids is 1. The maximum atomic E-state index is 13.0. The van der Waals surface area contributed by atoms with Crippen LogP contribution in [0.3, 0.4) is 0 Å². The molecule has 5 nitrogen and oxygen atoms in total. The normalized spacial score (nSPS) is 19.2. The van der Waals surface area contributed by atoms with E-state index >= 15 is 0 Å². The van der Waals surface area contributed by atoms with Crippen LogP contribution in [0.2, 0.25) is 0 Å². The first-order valence-corrected chi connectivity index (χ1v) is 12.3. The zero-order valence-corrected chi connectivity index (χ0v) is 18.8. The second-order valence-electron chi connectivity index (χ2n) is 7.37. The number of hydrogen-bond donors (Lipinski definition) is 1. The summed E-state index contributed by atoms with van der Waals surface area (Å²) >= 11 is 5.08. The molecule has 0 saturated heterocycles. The maximum Gasteiger partial charge on any atom is 0.262 e. The van der Waals surface area contributed by atoms with Crippen molar-refractivity contribution in [2.45, 2.75) is 41.7 Å². The molecule has 1 saturated carbocycles. The number of hydrogen-bond acceptors (Lipinski definition) is 4. The van der Waals surface area contributed by atoms with Gasteiger partial charge in [-0.2, -0.15) is 0 Å². The van der Waals surface area contributed by atoms with E-state index in [4.69, 9.17) is 0 Å². The van der Waals surface area contributed by atoms with Gasteiger partial charge in [-0.3, -0.25) is 9.52 Å². The molecule has 0 spiro atoms. The van der Waals surface area contributed by atoms with E-state index in [9.17, 15) is 13.2 Å². The topological polar surface area (TPSA) is 66.5 Å². The average Bonchev–Trinajstić information content (AvgIpc) is 3.47. The van der Waals surface area contributed by atoms with Crippen molar-refractivity contribution >= 4 is 55.0 Å². The third-order valence-corrected chi connectivity index (χ3v) is 8.03. The summed E-state index contributed by atoms with van der Waals surface area (Å²) in [5, 5.41) is 0.277. The molecule has 1 aliphatic carbocycles. The van der Waals surface area contributed by atoms with E-state index in [0.717, 1.165) is 23.3 Å². The Morgan fingerprint density at radius 1 is 1.21 bits per heavy atom. The van der Waals surface area contributed by atoms with Crippen molar-refractivity contribution in [3.05, 3.63) is 46.4 Å². The summed E-state index contributed by atoms with van der Waals surface area (Å²) in [4.78, 5) is 15.6. The Hall–Kier alpha value is -1.51. The molecule has 8 heteroatoms. The fraction of sp³-hybridized carbons (Fsp3) is 0.350. The molecule has 0 unspecified atom stereocenters. The van der Waals surface area contributed by atoms with E-state index in [0.29, 0.717) is 22.4 Å². The van der Waals surface area contributed by atoms with Crippen LogP contribution in [0.5, 0.6) is 0 Å². The summed E-state index contributed by atoms with van der Waals surface area (Å²) in [5.41, 5.74) is 2.21. The summed E-state index contributed by atoms with van der Waals surface area (Å²) in [6.07, 6.45) is 1.85. The zero-order valence-electron chi connectivity index (χ0n) is 15.6. The molecule has 28 heavy (non-hydrogen) atoms. The van der Waals surface area contributed by atoms with Crippen LogP contribution in [0, 0.1) is 12.8 Å². The minimum Gasteiger partial charge on any atom is -0.310 e. The smallest absolute Gasteiger partial charge is 0.262 e. The van der Waals surface area contributed by atoms with Gasteiger partial charge in [-0.05, 0) is 71.6 Å². The number of benzene rings is 2. The van der Waals surface area contributed by atoms with E-state index in [1.54, 1.807) is 34.9 Å². The van der Waals surface area contributed by atoms with E-state index < -0.39 is 10.0 Å². The van der Waals surface area contributed by atoms with Gasteiger partial charge in [-0.25, -0.2) is 8.42 Å². The van der Waals surface area contributed by atoms with E-state index in [1.165, 1.54) is 0 Å². The number of aryl methyl sites for hydroxylation is 1. The van der Waals surface area contributed by atoms with Crippen molar-refractivity contribution in [2.75, 3.05) is 16.2 Å². The Bertz CT molecular complexity index is 1050. The van der Waals surface area contributed by atoms with Crippen LogP contribution >= 0.6 is 27.7 Å². The highest BCUT2D eigenvalue weighted by Crippen LogP contribution is 2.42. The highest BCUT2D eigenvalue weighted by atomic mass is 79.9. The number of amides is 1. The number of thioether (sulfide) groups is 1. The Morgan fingerprint density at radius 2 is 1.96 bits per heavy atom. The van der Waals surface area contributed by atoms with Crippen molar-refractivity contribution in [3.63, 3.8) is 0 Å². The molecule has 2 aromatic rings. The summed E-state index contributed by atoms with van der Waals surface area (Å²) in [5.74, 6) is 0.197.